The molecule has 1 unspecified atom stereocenters. The van der Waals surface area contributed by atoms with E-state index in [1.165, 1.54) is 19.1 Å². The third-order valence-corrected chi connectivity index (χ3v) is 7.46. The van der Waals surface area contributed by atoms with Crippen LogP contribution in [0.25, 0.3) is 0 Å². The SMILES string of the molecule is CNCc1ccccc1CN(CC(=O)Nc1ccc2c(c1)CC1(C2)C(=O)Nc2ncccc21)C(=O)N(C)OC. The Kier molecular flexibility index (Phi) is 7.32. The zero-order valence-corrected chi connectivity index (χ0v) is 22.3. The van der Waals surface area contributed by atoms with Crippen molar-refractivity contribution >= 4 is 29.4 Å². The van der Waals surface area contributed by atoms with Gasteiger partial charge in [0.25, 0.3) is 0 Å². The highest BCUT2D eigenvalue weighted by molar-refractivity contribution is 6.06. The zero-order chi connectivity index (χ0) is 27.6. The molecule has 0 fully saturated rings. The molecule has 0 saturated heterocycles. The number of rotatable bonds is 8. The first-order valence-corrected chi connectivity index (χ1v) is 12.8. The summed E-state index contributed by atoms with van der Waals surface area (Å²) >= 11 is 0. The van der Waals surface area contributed by atoms with Crippen LogP contribution < -0.4 is 16.0 Å². The lowest BCUT2D eigenvalue weighted by atomic mass is 9.79. The lowest BCUT2D eigenvalue weighted by molar-refractivity contribution is -0.120. The predicted octanol–water partition coefficient (Wildman–Crippen LogP) is 2.84. The maximum atomic E-state index is 13.2. The van der Waals surface area contributed by atoms with Crippen molar-refractivity contribution in [2.45, 2.75) is 31.3 Å². The minimum absolute atomic E-state index is 0.0482. The van der Waals surface area contributed by atoms with Gasteiger partial charge < -0.3 is 20.9 Å². The van der Waals surface area contributed by atoms with Gasteiger partial charge in [-0.25, -0.2) is 14.8 Å². The van der Waals surface area contributed by atoms with E-state index in [2.05, 4.69) is 20.9 Å². The number of carbonyl (C=O) groups excluding carboxylic acids is 3. The van der Waals surface area contributed by atoms with Crippen LogP contribution >= 0.6 is 0 Å². The highest BCUT2D eigenvalue weighted by Gasteiger charge is 2.51. The molecule has 1 aliphatic carbocycles. The van der Waals surface area contributed by atoms with E-state index >= 15 is 0 Å². The molecule has 2 aliphatic rings. The van der Waals surface area contributed by atoms with Crippen molar-refractivity contribution in [3.8, 4) is 0 Å². The first kappa shape index (κ1) is 26.3. The zero-order valence-electron chi connectivity index (χ0n) is 22.3. The smallest absolute Gasteiger partial charge is 0.325 e. The number of nitrogens with zero attached hydrogens (tertiary/aromatic N) is 3. The van der Waals surface area contributed by atoms with Gasteiger partial charge in [0.15, 0.2) is 0 Å². The fourth-order valence-electron chi connectivity index (χ4n) is 5.47. The Morgan fingerprint density at radius 3 is 2.62 bits per heavy atom. The van der Waals surface area contributed by atoms with Crippen LogP contribution in [0.4, 0.5) is 16.3 Å². The number of anilines is 2. The fourth-order valence-corrected chi connectivity index (χ4v) is 5.47. The lowest BCUT2D eigenvalue weighted by Crippen LogP contribution is -2.44. The van der Waals surface area contributed by atoms with E-state index in [1.807, 2.05) is 61.6 Å². The van der Waals surface area contributed by atoms with Gasteiger partial charge >= 0.3 is 6.03 Å². The number of hydrogen-bond acceptors (Lipinski definition) is 6. The molecular weight excluding hydrogens is 496 g/mol. The van der Waals surface area contributed by atoms with Gasteiger partial charge in [-0.3, -0.25) is 14.4 Å². The third kappa shape index (κ3) is 5.08. The molecule has 1 spiro atoms. The van der Waals surface area contributed by atoms with Crippen molar-refractivity contribution in [1.29, 1.82) is 0 Å². The van der Waals surface area contributed by atoms with Gasteiger partial charge in [0.05, 0.1) is 12.5 Å². The van der Waals surface area contributed by atoms with Crippen LogP contribution in [0.15, 0.2) is 60.8 Å². The molecule has 4 amide bonds. The van der Waals surface area contributed by atoms with E-state index in [0.29, 0.717) is 30.9 Å². The van der Waals surface area contributed by atoms with Crippen LogP contribution in [0.1, 0.15) is 27.8 Å². The summed E-state index contributed by atoms with van der Waals surface area (Å²) in [5.74, 6) is 0.235. The number of amides is 4. The van der Waals surface area contributed by atoms with Crippen molar-refractivity contribution in [3.63, 3.8) is 0 Å². The molecule has 3 N–H and O–H groups in total. The number of pyridine rings is 1. The molecule has 39 heavy (non-hydrogen) atoms. The topological polar surface area (TPSA) is 116 Å². The van der Waals surface area contributed by atoms with Gasteiger partial charge in [-0.2, -0.15) is 0 Å². The van der Waals surface area contributed by atoms with Crippen LogP contribution in [0, 0.1) is 0 Å². The first-order valence-electron chi connectivity index (χ1n) is 12.8. The molecule has 5 rings (SSSR count). The summed E-state index contributed by atoms with van der Waals surface area (Å²) in [4.78, 5) is 50.1. The maximum absolute atomic E-state index is 13.2. The van der Waals surface area contributed by atoms with Crippen molar-refractivity contribution in [2.75, 3.05) is 38.4 Å². The van der Waals surface area contributed by atoms with E-state index in [0.717, 1.165) is 32.9 Å². The number of carbonyl (C=O) groups is 3. The van der Waals surface area contributed by atoms with Gasteiger partial charge in [0.2, 0.25) is 11.8 Å². The molecule has 0 saturated carbocycles. The van der Waals surface area contributed by atoms with E-state index in [-0.39, 0.29) is 24.9 Å². The van der Waals surface area contributed by atoms with E-state index in [9.17, 15) is 14.4 Å². The molecule has 1 aromatic heterocycles. The Morgan fingerprint density at radius 2 is 1.85 bits per heavy atom. The van der Waals surface area contributed by atoms with E-state index in [4.69, 9.17) is 4.84 Å². The average molecular weight is 529 g/mol. The average Bonchev–Trinajstić information content (AvgIpc) is 3.45. The van der Waals surface area contributed by atoms with Gasteiger partial charge in [0.1, 0.15) is 12.4 Å². The Morgan fingerprint density at radius 1 is 1.08 bits per heavy atom. The molecule has 2 heterocycles. The Balaban J connectivity index is 1.32. The second kappa shape index (κ2) is 10.8. The molecule has 1 aliphatic heterocycles. The summed E-state index contributed by atoms with van der Waals surface area (Å²) in [6, 6.07) is 16.9. The molecule has 2 aromatic carbocycles. The predicted molar refractivity (Wildman–Crippen MR) is 147 cm³/mol. The molecule has 1 atom stereocenters. The standard InChI is InChI=1S/C29H32N6O4/c1-30-16-20-7-4-5-8-21(20)17-35(28(38)34(2)39-3)18-25(36)32-23-11-10-19-14-29(15-22(19)13-23)24-9-6-12-31-26(24)33-27(29)37/h4-13,30H,14-18H2,1-3H3,(H,32,36)(H,31,33,37). The highest BCUT2D eigenvalue weighted by atomic mass is 16.7. The normalized spacial score (nSPS) is 16.9. The number of hydroxylamine groups is 2. The number of hydrogen-bond donors (Lipinski definition) is 3. The monoisotopic (exact) mass is 528 g/mol. The summed E-state index contributed by atoms with van der Waals surface area (Å²) in [6.07, 6.45) is 2.78. The minimum atomic E-state index is -0.677. The summed E-state index contributed by atoms with van der Waals surface area (Å²) in [7, 11) is 4.77. The summed E-state index contributed by atoms with van der Waals surface area (Å²) < 4.78 is 0. The maximum Gasteiger partial charge on any atom is 0.344 e. The van der Waals surface area contributed by atoms with Gasteiger partial charge in [-0.05, 0) is 60.3 Å². The summed E-state index contributed by atoms with van der Waals surface area (Å²) in [6.45, 7) is 0.718. The second-order valence-electron chi connectivity index (χ2n) is 9.94. The van der Waals surface area contributed by atoms with Crippen LogP contribution in [-0.4, -0.2) is 60.5 Å². The largest absolute Gasteiger partial charge is 0.344 e. The minimum Gasteiger partial charge on any atom is -0.325 e. The van der Waals surface area contributed by atoms with Gasteiger partial charge in [-0.15, -0.1) is 0 Å². The molecule has 0 bridgehead atoms. The molecule has 10 heteroatoms. The fraction of sp³-hybridized carbons (Fsp3) is 0.310. The van der Waals surface area contributed by atoms with E-state index < -0.39 is 11.4 Å². The highest BCUT2D eigenvalue weighted by Crippen LogP contribution is 2.46. The van der Waals surface area contributed by atoms with Crippen LogP contribution in [-0.2, 0) is 45.8 Å². The summed E-state index contributed by atoms with van der Waals surface area (Å²) in [5.41, 5.74) is 4.90. The molecule has 0 radical (unpaired) electrons. The molecular formula is C29H32N6O4. The lowest BCUT2D eigenvalue weighted by Gasteiger charge is -2.27. The summed E-state index contributed by atoms with van der Waals surface area (Å²) in [5, 5.41) is 10.1. The van der Waals surface area contributed by atoms with Crippen molar-refractivity contribution in [2.24, 2.45) is 0 Å². The number of benzene rings is 2. The number of urea groups is 1. The number of fused-ring (bicyclic) bond motifs is 3. The first-order chi connectivity index (χ1) is 18.8. The quantitative estimate of drug-likeness (QED) is 0.387. The van der Waals surface area contributed by atoms with Crippen LogP contribution in [0.3, 0.4) is 0 Å². The Hall–Kier alpha value is -4.28. The third-order valence-electron chi connectivity index (χ3n) is 7.46. The van der Waals surface area contributed by atoms with Crippen LogP contribution in [0.5, 0.6) is 0 Å². The second-order valence-corrected chi connectivity index (χ2v) is 9.94. The molecule has 202 valence electrons. The van der Waals surface area contributed by atoms with Gasteiger partial charge in [-0.1, -0.05) is 36.4 Å². The Bertz CT molecular complexity index is 1430. The Labute approximate surface area is 227 Å². The van der Waals surface area contributed by atoms with Crippen LogP contribution in [0.2, 0.25) is 0 Å². The van der Waals surface area contributed by atoms with E-state index in [1.54, 1.807) is 6.20 Å². The van der Waals surface area contributed by atoms with Gasteiger partial charge in [0, 0.05) is 37.6 Å². The van der Waals surface area contributed by atoms with Crippen molar-refractivity contribution < 1.29 is 19.2 Å². The molecule has 10 nitrogen and oxygen atoms in total. The van der Waals surface area contributed by atoms with Crippen molar-refractivity contribution in [3.05, 3.63) is 88.6 Å². The molecule has 3 aromatic rings. The number of aromatic nitrogens is 1. The number of nitrogens with one attached hydrogen (secondary N) is 3. The van der Waals surface area contributed by atoms with Crippen molar-refractivity contribution in [1.82, 2.24) is 20.3 Å².